The van der Waals surface area contributed by atoms with Gasteiger partial charge >= 0.3 is 0 Å². The van der Waals surface area contributed by atoms with Crippen molar-refractivity contribution in [3.63, 3.8) is 0 Å². The maximum Gasteiger partial charge on any atom is 0.251 e. The number of rotatable bonds is 8. The number of aromatic amines is 1. The second kappa shape index (κ2) is 14.0. The number of hydrogen-bond acceptors (Lipinski definition) is 7. The van der Waals surface area contributed by atoms with Gasteiger partial charge in [-0.1, -0.05) is 42.5 Å². The predicted octanol–water partition coefficient (Wildman–Crippen LogP) is 4.58. The van der Waals surface area contributed by atoms with E-state index in [0.717, 1.165) is 91.8 Å². The third kappa shape index (κ3) is 6.85. The molecule has 0 bridgehead atoms. The SMILES string of the molecule is C1CCOC1.CCNc1ncnc2[nH]c(-c3ccc(C(=O)NCCN4CCOCC4)cc3)c(-c3ccccc3)c12. The number of benzene rings is 2. The number of hydrogen-bond donors (Lipinski definition) is 3. The molecule has 6 rings (SSSR count). The number of fused-ring (bicyclic) bond motifs is 1. The lowest BCUT2D eigenvalue weighted by atomic mass is 9.98. The van der Waals surface area contributed by atoms with Gasteiger partial charge in [0.05, 0.1) is 24.3 Å². The van der Waals surface area contributed by atoms with Crippen molar-refractivity contribution in [2.45, 2.75) is 19.8 Å². The molecule has 4 heterocycles. The molecule has 0 radical (unpaired) electrons. The number of nitrogens with one attached hydrogen (secondary N) is 3. The number of morpholine rings is 1. The van der Waals surface area contributed by atoms with E-state index in [9.17, 15) is 4.79 Å². The van der Waals surface area contributed by atoms with Crippen LogP contribution in [0.1, 0.15) is 30.1 Å². The minimum atomic E-state index is -0.0648. The van der Waals surface area contributed by atoms with Crippen LogP contribution in [0.3, 0.4) is 0 Å². The average molecular weight is 543 g/mol. The van der Waals surface area contributed by atoms with E-state index in [4.69, 9.17) is 9.47 Å². The van der Waals surface area contributed by atoms with E-state index >= 15 is 0 Å². The van der Waals surface area contributed by atoms with Gasteiger partial charge < -0.3 is 25.1 Å². The molecule has 0 unspecified atom stereocenters. The Morgan fingerprint density at radius 3 is 2.33 bits per heavy atom. The van der Waals surface area contributed by atoms with Gasteiger partial charge in [0.25, 0.3) is 5.91 Å². The number of amides is 1. The highest BCUT2D eigenvalue weighted by atomic mass is 16.5. The smallest absolute Gasteiger partial charge is 0.251 e. The van der Waals surface area contributed by atoms with Gasteiger partial charge in [0.2, 0.25) is 0 Å². The fraction of sp³-hybridized carbons (Fsp3) is 0.387. The van der Waals surface area contributed by atoms with Gasteiger partial charge in [-0.15, -0.1) is 0 Å². The van der Waals surface area contributed by atoms with Crippen molar-refractivity contribution in [1.29, 1.82) is 0 Å². The van der Waals surface area contributed by atoms with Crippen LogP contribution < -0.4 is 10.6 Å². The second-order valence-electron chi connectivity index (χ2n) is 9.82. The number of H-pyrrole nitrogens is 1. The molecule has 2 saturated heterocycles. The fourth-order valence-corrected chi connectivity index (χ4v) is 4.99. The highest BCUT2D eigenvalue weighted by Gasteiger charge is 2.20. The second-order valence-corrected chi connectivity index (χ2v) is 9.82. The van der Waals surface area contributed by atoms with Crippen LogP contribution in [-0.4, -0.2) is 84.9 Å². The van der Waals surface area contributed by atoms with Crippen molar-refractivity contribution in [2.24, 2.45) is 0 Å². The Kier molecular flexibility index (Phi) is 9.73. The summed E-state index contributed by atoms with van der Waals surface area (Å²) in [5, 5.41) is 7.35. The Labute approximate surface area is 235 Å². The summed E-state index contributed by atoms with van der Waals surface area (Å²) in [5.74, 6) is 0.736. The van der Waals surface area contributed by atoms with Gasteiger partial charge in [0, 0.05) is 57.1 Å². The van der Waals surface area contributed by atoms with E-state index in [1.54, 1.807) is 6.33 Å². The normalized spacial score (nSPS) is 15.4. The van der Waals surface area contributed by atoms with Gasteiger partial charge in [-0.2, -0.15) is 0 Å². The molecule has 0 aliphatic carbocycles. The first-order valence-electron chi connectivity index (χ1n) is 14.2. The summed E-state index contributed by atoms with van der Waals surface area (Å²) in [4.78, 5) is 27.5. The maximum absolute atomic E-state index is 12.7. The van der Waals surface area contributed by atoms with Crippen LogP contribution in [0.5, 0.6) is 0 Å². The zero-order valence-electron chi connectivity index (χ0n) is 23.1. The molecule has 9 nitrogen and oxygen atoms in total. The molecule has 0 atom stereocenters. The number of nitrogens with zero attached hydrogens (tertiary/aromatic N) is 3. The van der Waals surface area contributed by atoms with Crippen molar-refractivity contribution in [2.75, 3.05) is 64.5 Å². The molecule has 2 aliphatic heterocycles. The minimum Gasteiger partial charge on any atom is -0.381 e. The van der Waals surface area contributed by atoms with E-state index in [2.05, 4.69) is 49.5 Å². The number of ether oxygens (including phenoxy) is 2. The Morgan fingerprint density at radius 1 is 0.925 bits per heavy atom. The molecule has 9 heteroatoms. The standard InChI is InChI=1S/C27H30N6O2.C4H8O/c1-2-28-25-23-22(19-6-4-3-5-7-19)24(32-26(23)31-18-30-25)20-8-10-21(11-9-20)27(34)29-12-13-33-14-16-35-17-15-33;1-2-4-5-3-1/h3-11,18H,2,12-17H2,1H3,(H,29,34)(H2,28,30,31,32);1-4H2. The van der Waals surface area contributed by atoms with E-state index < -0.39 is 0 Å². The zero-order chi connectivity index (χ0) is 27.6. The van der Waals surface area contributed by atoms with Crippen molar-refractivity contribution in [3.8, 4) is 22.4 Å². The topological polar surface area (TPSA) is 104 Å². The number of carbonyl (C=O) groups is 1. The molecule has 2 aromatic carbocycles. The first kappa shape index (κ1) is 27.8. The average Bonchev–Trinajstić information content (AvgIpc) is 3.71. The molecule has 1 amide bonds. The lowest BCUT2D eigenvalue weighted by Gasteiger charge is -2.26. The third-order valence-corrected chi connectivity index (χ3v) is 7.08. The van der Waals surface area contributed by atoms with Crippen LogP contribution in [-0.2, 0) is 9.47 Å². The summed E-state index contributed by atoms with van der Waals surface area (Å²) in [6.45, 7) is 9.61. The molecule has 3 N–H and O–H groups in total. The summed E-state index contributed by atoms with van der Waals surface area (Å²) in [6.07, 6.45) is 4.12. The first-order valence-corrected chi connectivity index (χ1v) is 14.2. The number of aromatic nitrogens is 3. The van der Waals surface area contributed by atoms with Crippen LogP contribution in [0.2, 0.25) is 0 Å². The van der Waals surface area contributed by atoms with Crippen molar-refractivity contribution < 1.29 is 14.3 Å². The van der Waals surface area contributed by atoms with Crippen LogP contribution in [0.4, 0.5) is 5.82 Å². The molecule has 2 aromatic heterocycles. The van der Waals surface area contributed by atoms with Crippen LogP contribution in [0.25, 0.3) is 33.4 Å². The largest absolute Gasteiger partial charge is 0.381 e. The molecule has 40 heavy (non-hydrogen) atoms. The van der Waals surface area contributed by atoms with E-state index in [1.165, 1.54) is 12.8 Å². The maximum atomic E-state index is 12.7. The Bertz CT molecular complexity index is 1360. The third-order valence-electron chi connectivity index (χ3n) is 7.08. The summed E-state index contributed by atoms with van der Waals surface area (Å²) < 4.78 is 10.3. The van der Waals surface area contributed by atoms with Gasteiger partial charge in [0.15, 0.2) is 0 Å². The Hall–Kier alpha value is -3.79. The quantitative estimate of drug-likeness (QED) is 0.299. The minimum absolute atomic E-state index is 0.0648. The summed E-state index contributed by atoms with van der Waals surface area (Å²) in [6, 6.07) is 17.9. The highest BCUT2D eigenvalue weighted by molar-refractivity contribution is 6.07. The summed E-state index contributed by atoms with van der Waals surface area (Å²) in [7, 11) is 0. The molecule has 2 fully saturated rings. The molecular formula is C31H38N6O3. The van der Waals surface area contributed by atoms with Crippen LogP contribution in [0.15, 0.2) is 60.9 Å². The monoisotopic (exact) mass is 542 g/mol. The molecule has 0 spiro atoms. The molecule has 210 valence electrons. The molecule has 4 aromatic rings. The van der Waals surface area contributed by atoms with Gasteiger partial charge in [0.1, 0.15) is 17.8 Å². The number of anilines is 1. The van der Waals surface area contributed by atoms with E-state index in [0.29, 0.717) is 12.1 Å². The Morgan fingerprint density at radius 2 is 1.65 bits per heavy atom. The van der Waals surface area contributed by atoms with Crippen LogP contribution in [0, 0.1) is 0 Å². The molecule has 2 aliphatic rings. The zero-order valence-corrected chi connectivity index (χ0v) is 23.1. The predicted molar refractivity (Wildman–Crippen MR) is 159 cm³/mol. The van der Waals surface area contributed by atoms with E-state index in [1.807, 2.05) is 42.5 Å². The van der Waals surface area contributed by atoms with E-state index in [-0.39, 0.29) is 5.91 Å². The summed E-state index contributed by atoms with van der Waals surface area (Å²) in [5.41, 5.74) is 5.46. The van der Waals surface area contributed by atoms with Gasteiger partial charge in [-0.05, 0) is 43.0 Å². The van der Waals surface area contributed by atoms with Gasteiger partial charge in [-0.3, -0.25) is 9.69 Å². The number of carbonyl (C=O) groups excluding carboxylic acids is 1. The lowest BCUT2D eigenvalue weighted by molar-refractivity contribution is 0.0383. The first-order chi connectivity index (χ1) is 19.7. The summed E-state index contributed by atoms with van der Waals surface area (Å²) >= 11 is 0. The van der Waals surface area contributed by atoms with Crippen molar-refractivity contribution in [1.82, 2.24) is 25.2 Å². The van der Waals surface area contributed by atoms with Crippen LogP contribution >= 0.6 is 0 Å². The van der Waals surface area contributed by atoms with Crippen molar-refractivity contribution in [3.05, 3.63) is 66.5 Å². The lowest BCUT2D eigenvalue weighted by Crippen LogP contribution is -2.41. The van der Waals surface area contributed by atoms with Gasteiger partial charge in [-0.25, -0.2) is 9.97 Å². The van der Waals surface area contributed by atoms with Crippen molar-refractivity contribution >= 4 is 22.8 Å². The highest BCUT2D eigenvalue weighted by Crippen LogP contribution is 2.40. The molecular weight excluding hydrogens is 504 g/mol. The molecule has 0 saturated carbocycles. The fourth-order valence-electron chi connectivity index (χ4n) is 4.99. The Balaban J connectivity index is 0.000000582.